The zero-order valence-corrected chi connectivity index (χ0v) is 8.08. The molecule has 0 saturated carbocycles. The van der Waals surface area contributed by atoms with Gasteiger partial charge in [-0.05, 0) is 26.2 Å². The Balaban J connectivity index is 2.13. The van der Waals surface area contributed by atoms with E-state index < -0.39 is 6.04 Å². The van der Waals surface area contributed by atoms with Crippen LogP contribution in [-0.2, 0) is 9.53 Å². The number of hydrogen-bond donors (Lipinski definition) is 2. The van der Waals surface area contributed by atoms with E-state index in [-0.39, 0.29) is 12.0 Å². The van der Waals surface area contributed by atoms with Crippen molar-refractivity contribution in [1.82, 2.24) is 5.32 Å². The van der Waals surface area contributed by atoms with Crippen molar-refractivity contribution < 1.29 is 9.53 Å². The molecule has 0 radical (unpaired) electrons. The van der Waals surface area contributed by atoms with E-state index in [1.54, 1.807) is 6.92 Å². The quantitative estimate of drug-likeness (QED) is 0.653. The van der Waals surface area contributed by atoms with E-state index in [2.05, 4.69) is 5.32 Å². The molecule has 1 heterocycles. The van der Waals surface area contributed by atoms with Gasteiger partial charge in [0.05, 0.1) is 12.1 Å². The Morgan fingerprint density at radius 3 is 3.00 bits per heavy atom. The molecule has 1 amide bonds. The maximum Gasteiger partial charge on any atom is 0.236 e. The van der Waals surface area contributed by atoms with Gasteiger partial charge in [0.25, 0.3) is 0 Å². The minimum atomic E-state index is -0.427. The lowest BCUT2D eigenvalue weighted by Crippen LogP contribution is -2.42. The Morgan fingerprint density at radius 1 is 1.69 bits per heavy atom. The molecule has 2 atom stereocenters. The predicted octanol–water partition coefficient (Wildman–Crippen LogP) is 0.0189. The van der Waals surface area contributed by atoms with Crippen LogP contribution in [0, 0.1) is 0 Å². The fourth-order valence-electron chi connectivity index (χ4n) is 1.34. The van der Waals surface area contributed by atoms with Crippen LogP contribution in [0.5, 0.6) is 0 Å². The zero-order chi connectivity index (χ0) is 9.68. The standard InChI is InChI=1S/C9H18N2O2/c1-7(10)9(12)11-6-8-4-2-3-5-13-8/h7-8H,2-6,10H2,1H3,(H,11,12). The summed E-state index contributed by atoms with van der Waals surface area (Å²) >= 11 is 0. The summed E-state index contributed by atoms with van der Waals surface area (Å²) in [5.74, 6) is -0.103. The van der Waals surface area contributed by atoms with Crippen LogP contribution in [0.15, 0.2) is 0 Å². The van der Waals surface area contributed by atoms with Crippen molar-refractivity contribution in [2.24, 2.45) is 5.73 Å². The third-order valence-corrected chi connectivity index (χ3v) is 2.19. The number of amides is 1. The molecule has 1 aliphatic heterocycles. The molecule has 0 spiro atoms. The van der Waals surface area contributed by atoms with Crippen LogP contribution < -0.4 is 11.1 Å². The Bertz CT molecular complexity index is 165. The first-order chi connectivity index (χ1) is 6.20. The molecule has 0 aromatic rings. The molecule has 1 aliphatic rings. The molecule has 2 unspecified atom stereocenters. The van der Waals surface area contributed by atoms with Crippen LogP contribution >= 0.6 is 0 Å². The number of nitrogens with two attached hydrogens (primary N) is 1. The van der Waals surface area contributed by atoms with E-state index >= 15 is 0 Å². The van der Waals surface area contributed by atoms with E-state index in [0.29, 0.717) is 6.54 Å². The second-order valence-corrected chi connectivity index (χ2v) is 3.52. The second kappa shape index (κ2) is 5.19. The van der Waals surface area contributed by atoms with E-state index in [4.69, 9.17) is 10.5 Å². The summed E-state index contributed by atoms with van der Waals surface area (Å²) in [5, 5.41) is 2.76. The summed E-state index contributed by atoms with van der Waals surface area (Å²) in [5.41, 5.74) is 5.40. The number of rotatable bonds is 3. The molecule has 0 bridgehead atoms. The first-order valence-corrected chi connectivity index (χ1v) is 4.85. The highest BCUT2D eigenvalue weighted by molar-refractivity contribution is 5.80. The number of ether oxygens (including phenoxy) is 1. The van der Waals surface area contributed by atoms with Crippen molar-refractivity contribution in [1.29, 1.82) is 0 Å². The van der Waals surface area contributed by atoms with Crippen molar-refractivity contribution in [2.45, 2.75) is 38.3 Å². The van der Waals surface area contributed by atoms with Gasteiger partial charge in [-0.2, -0.15) is 0 Å². The van der Waals surface area contributed by atoms with Crippen LogP contribution in [0.1, 0.15) is 26.2 Å². The van der Waals surface area contributed by atoms with Gasteiger partial charge in [0.15, 0.2) is 0 Å². The minimum absolute atomic E-state index is 0.103. The molecule has 0 aromatic heterocycles. The zero-order valence-electron chi connectivity index (χ0n) is 8.08. The van der Waals surface area contributed by atoms with Gasteiger partial charge in [-0.25, -0.2) is 0 Å². The maximum absolute atomic E-state index is 11.1. The molecular formula is C9H18N2O2. The average Bonchev–Trinajstić information content (AvgIpc) is 2.15. The Labute approximate surface area is 78.8 Å². The molecule has 0 aromatic carbocycles. The van der Waals surface area contributed by atoms with Crippen molar-refractivity contribution in [3.05, 3.63) is 0 Å². The summed E-state index contributed by atoms with van der Waals surface area (Å²) in [7, 11) is 0. The average molecular weight is 186 g/mol. The van der Waals surface area contributed by atoms with Gasteiger partial charge in [0.1, 0.15) is 0 Å². The van der Waals surface area contributed by atoms with Gasteiger partial charge < -0.3 is 15.8 Å². The molecule has 1 fully saturated rings. The van der Waals surface area contributed by atoms with Gasteiger partial charge in [-0.15, -0.1) is 0 Å². The van der Waals surface area contributed by atoms with Crippen LogP contribution in [0.2, 0.25) is 0 Å². The molecule has 1 saturated heterocycles. The molecule has 3 N–H and O–H groups in total. The second-order valence-electron chi connectivity index (χ2n) is 3.52. The van der Waals surface area contributed by atoms with E-state index in [0.717, 1.165) is 19.4 Å². The smallest absolute Gasteiger partial charge is 0.236 e. The van der Waals surface area contributed by atoms with Gasteiger partial charge in [-0.3, -0.25) is 4.79 Å². The lowest BCUT2D eigenvalue weighted by atomic mass is 10.1. The number of nitrogens with one attached hydrogen (secondary N) is 1. The normalized spacial score (nSPS) is 25.2. The van der Waals surface area contributed by atoms with Crippen molar-refractivity contribution in [2.75, 3.05) is 13.2 Å². The molecule has 1 rings (SSSR count). The monoisotopic (exact) mass is 186 g/mol. The van der Waals surface area contributed by atoms with Gasteiger partial charge in [-0.1, -0.05) is 0 Å². The Hall–Kier alpha value is -0.610. The fourth-order valence-corrected chi connectivity index (χ4v) is 1.34. The van der Waals surface area contributed by atoms with Crippen LogP contribution in [0.3, 0.4) is 0 Å². The molecule has 13 heavy (non-hydrogen) atoms. The molecule has 76 valence electrons. The van der Waals surface area contributed by atoms with Gasteiger partial charge in [0.2, 0.25) is 5.91 Å². The van der Waals surface area contributed by atoms with Gasteiger partial charge in [0, 0.05) is 13.2 Å². The lowest BCUT2D eigenvalue weighted by Gasteiger charge is -2.23. The van der Waals surface area contributed by atoms with E-state index in [1.807, 2.05) is 0 Å². The van der Waals surface area contributed by atoms with Crippen molar-refractivity contribution >= 4 is 5.91 Å². The molecular weight excluding hydrogens is 168 g/mol. The van der Waals surface area contributed by atoms with Crippen LogP contribution in [-0.4, -0.2) is 31.2 Å². The molecule has 4 heteroatoms. The number of hydrogen-bond acceptors (Lipinski definition) is 3. The summed E-state index contributed by atoms with van der Waals surface area (Å²) in [6.07, 6.45) is 3.56. The van der Waals surface area contributed by atoms with Crippen molar-refractivity contribution in [3.63, 3.8) is 0 Å². The minimum Gasteiger partial charge on any atom is -0.376 e. The number of carbonyl (C=O) groups is 1. The Morgan fingerprint density at radius 2 is 2.46 bits per heavy atom. The largest absolute Gasteiger partial charge is 0.376 e. The summed E-state index contributed by atoms with van der Waals surface area (Å²) in [6, 6.07) is -0.427. The predicted molar refractivity (Wildman–Crippen MR) is 50.3 cm³/mol. The first-order valence-electron chi connectivity index (χ1n) is 4.85. The van der Waals surface area contributed by atoms with Crippen LogP contribution in [0.4, 0.5) is 0 Å². The third-order valence-electron chi connectivity index (χ3n) is 2.19. The highest BCUT2D eigenvalue weighted by Crippen LogP contribution is 2.11. The van der Waals surface area contributed by atoms with Gasteiger partial charge >= 0.3 is 0 Å². The SMILES string of the molecule is CC(N)C(=O)NCC1CCCCO1. The topological polar surface area (TPSA) is 64.4 Å². The molecule has 4 nitrogen and oxygen atoms in total. The summed E-state index contributed by atoms with van der Waals surface area (Å²) in [4.78, 5) is 11.1. The fraction of sp³-hybridized carbons (Fsp3) is 0.889. The summed E-state index contributed by atoms with van der Waals surface area (Å²) < 4.78 is 5.45. The maximum atomic E-state index is 11.1. The Kier molecular flexibility index (Phi) is 4.18. The third kappa shape index (κ3) is 3.74. The number of carbonyl (C=O) groups excluding carboxylic acids is 1. The van der Waals surface area contributed by atoms with E-state index in [9.17, 15) is 4.79 Å². The highest BCUT2D eigenvalue weighted by atomic mass is 16.5. The van der Waals surface area contributed by atoms with Crippen molar-refractivity contribution in [3.8, 4) is 0 Å². The van der Waals surface area contributed by atoms with E-state index in [1.165, 1.54) is 6.42 Å². The highest BCUT2D eigenvalue weighted by Gasteiger charge is 2.15. The summed E-state index contributed by atoms with van der Waals surface area (Å²) in [6.45, 7) is 3.09. The molecule has 0 aliphatic carbocycles. The lowest BCUT2D eigenvalue weighted by molar-refractivity contribution is -0.122. The van der Waals surface area contributed by atoms with Crippen LogP contribution in [0.25, 0.3) is 0 Å². The first kappa shape index (κ1) is 10.5.